The Morgan fingerprint density at radius 3 is 2.09 bits per heavy atom. The number of carbonyl (C=O) groups is 1. The van der Waals surface area contributed by atoms with Gasteiger partial charge in [-0.2, -0.15) is 4.48 Å². The van der Waals surface area contributed by atoms with Crippen LogP contribution in [0.1, 0.15) is 58.8 Å². The molecule has 2 heteroatoms. The minimum absolute atomic E-state index is 0.0342. The van der Waals surface area contributed by atoms with Gasteiger partial charge in [0, 0.05) is 42.2 Å². The van der Waals surface area contributed by atoms with Crippen LogP contribution in [0.4, 0.5) is 11.4 Å². The van der Waals surface area contributed by atoms with Gasteiger partial charge in [-0.25, -0.2) is 4.79 Å². The summed E-state index contributed by atoms with van der Waals surface area (Å²) in [4.78, 5) is 14.0. The predicted octanol–water partition coefficient (Wildman–Crippen LogP) is 7.42. The van der Waals surface area contributed by atoms with E-state index in [2.05, 4.69) is 80.6 Å². The maximum Gasteiger partial charge on any atom is 0.348 e. The fraction of sp³-hybridized carbons (Fsp3) is 0.500. The molecule has 3 fully saturated rings. The second-order valence-electron chi connectivity index (χ2n) is 11.5. The minimum Gasteiger partial charge on any atom is -0.225 e. The smallest absolute Gasteiger partial charge is 0.225 e. The zero-order valence-electron chi connectivity index (χ0n) is 19.5. The molecule has 0 saturated heterocycles. The van der Waals surface area contributed by atoms with Gasteiger partial charge in [-0.15, -0.1) is 0 Å². The van der Waals surface area contributed by atoms with Gasteiger partial charge in [-0.1, -0.05) is 62.7 Å². The Hall–Kier alpha value is -2.19. The summed E-state index contributed by atoms with van der Waals surface area (Å²) in [6, 6.07) is 21.4. The van der Waals surface area contributed by atoms with E-state index in [1.165, 1.54) is 38.5 Å². The van der Waals surface area contributed by atoms with Crippen LogP contribution in [-0.2, 0) is 4.79 Å². The summed E-state index contributed by atoms with van der Waals surface area (Å²) in [7, 11) is 0. The highest BCUT2D eigenvalue weighted by Crippen LogP contribution is 2.65. The van der Waals surface area contributed by atoms with E-state index in [1.54, 1.807) is 0 Å². The summed E-state index contributed by atoms with van der Waals surface area (Å²) in [5, 5.41) is 0. The second kappa shape index (κ2) is 7.15. The summed E-state index contributed by atoms with van der Waals surface area (Å²) in [5.74, 6) is 2.57. The van der Waals surface area contributed by atoms with E-state index >= 15 is 0 Å². The number of nitrogens with zero attached hydrogens (tertiary/aromatic N) is 1. The van der Waals surface area contributed by atoms with Gasteiger partial charge in [0.15, 0.2) is 0 Å². The number of amides is 1. The molecular weight excluding hydrogens is 390 g/mol. The Bertz CT molecular complexity index is 1000. The normalized spacial score (nSPS) is 39.8. The van der Waals surface area contributed by atoms with E-state index in [4.69, 9.17) is 0 Å². The molecule has 3 saturated carbocycles. The zero-order valence-corrected chi connectivity index (χ0v) is 19.5. The first kappa shape index (κ1) is 20.4. The number of carbonyl (C=O) groups excluding carboxylic acids is 1. The van der Waals surface area contributed by atoms with Crippen molar-refractivity contribution >= 4 is 17.3 Å². The van der Waals surface area contributed by atoms with Crippen LogP contribution in [0.25, 0.3) is 0 Å². The molecule has 1 aliphatic heterocycles. The average Bonchev–Trinajstić information content (AvgIpc) is 3.23. The van der Waals surface area contributed by atoms with Crippen LogP contribution < -0.4 is 4.48 Å². The number of fused-ring (bicyclic) bond motifs is 5. The first-order chi connectivity index (χ1) is 15.5. The quantitative estimate of drug-likeness (QED) is 0.457. The van der Waals surface area contributed by atoms with E-state index in [9.17, 15) is 4.79 Å². The molecule has 0 unspecified atom stereocenters. The first-order valence-electron chi connectivity index (χ1n) is 12.7. The van der Waals surface area contributed by atoms with Crippen molar-refractivity contribution in [1.82, 2.24) is 4.48 Å². The molecule has 2 aromatic rings. The molecule has 0 spiro atoms. The lowest BCUT2D eigenvalue weighted by molar-refractivity contribution is -0.133. The van der Waals surface area contributed by atoms with Gasteiger partial charge in [-0.05, 0) is 55.3 Å². The van der Waals surface area contributed by atoms with Gasteiger partial charge in [0.1, 0.15) is 17.4 Å². The summed E-state index contributed by atoms with van der Waals surface area (Å²) in [6.07, 6.45) is 13.6. The van der Waals surface area contributed by atoms with Gasteiger partial charge >= 0.3 is 5.91 Å². The number of benzene rings is 2. The summed E-state index contributed by atoms with van der Waals surface area (Å²) < 4.78 is 0.347. The topological polar surface area (TPSA) is 17.1 Å². The molecule has 0 radical (unpaired) electrons. The molecule has 2 aromatic carbocycles. The third-order valence-corrected chi connectivity index (χ3v) is 10.2. The van der Waals surface area contributed by atoms with Crippen molar-refractivity contribution in [2.24, 2.45) is 28.6 Å². The SMILES string of the molecule is C[C@@]12CCC[C@H]1[C@@H]1CC[C@@H]3[C@](C)(C=CC(=O)[N+]3(c3ccccc3)c3ccccc3)[C@H]1CC2. The highest BCUT2D eigenvalue weighted by Gasteiger charge is 2.65. The van der Waals surface area contributed by atoms with Gasteiger partial charge < -0.3 is 0 Å². The van der Waals surface area contributed by atoms with Crippen molar-refractivity contribution in [3.63, 3.8) is 0 Å². The highest BCUT2D eigenvalue weighted by atomic mass is 16.2. The standard InChI is InChI=1S/C30H36NO/c1-29-19-9-14-25(29)24-15-16-27-30(2,26(24)17-20-29)21-18-28(32)31(27,22-10-5-3-6-11-22)23-12-7-4-8-13-23/h3-8,10-13,18,21,24-27H,9,14-17,19-20H2,1-2H3/q+1/t24-,25-,26-,27+,29-,30+/m0/s1. The van der Waals surface area contributed by atoms with E-state index in [0.29, 0.717) is 15.8 Å². The molecule has 0 bridgehead atoms. The first-order valence-corrected chi connectivity index (χ1v) is 12.7. The summed E-state index contributed by atoms with van der Waals surface area (Å²) in [6.45, 7) is 5.07. The molecule has 3 aliphatic carbocycles. The molecule has 0 aromatic heterocycles. The molecule has 32 heavy (non-hydrogen) atoms. The lowest BCUT2D eigenvalue weighted by Crippen LogP contribution is -2.68. The maximum atomic E-state index is 14.0. The fourth-order valence-electron chi connectivity index (χ4n) is 8.82. The number of hydrogen-bond acceptors (Lipinski definition) is 1. The number of hydrogen-bond donors (Lipinski definition) is 0. The maximum absolute atomic E-state index is 14.0. The second-order valence-corrected chi connectivity index (χ2v) is 11.5. The molecule has 0 N–H and O–H groups in total. The van der Waals surface area contributed by atoms with Gasteiger partial charge in [0.25, 0.3) is 0 Å². The Morgan fingerprint density at radius 1 is 0.781 bits per heavy atom. The molecule has 1 heterocycles. The lowest BCUT2D eigenvalue weighted by atomic mass is 9.48. The van der Waals surface area contributed by atoms with Crippen LogP contribution in [0.15, 0.2) is 72.8 Å². The Morgan fingerprint density at radius 2 is 1.44 bits per heavy atom. The predicted molar refractivity (Wildman–Crippen MR) is 131 cm³/mol. The third kappa shape index (κ3) is 2.59. The van der Waals surface area contributed by atoms with Crippen LogP contribution in [0.3, 0.4) is 0 Å². The number of rotatable bonds is 2. The van der Waals surface area contributed by atoms with Crippen LogP contribution in [0.2, 0.25) is 0 Å². The van der Waals surface area contributed by atoms with Crippen molar-refractivity contribution in [2.45, 2.75) is 64.8 Å². The molecular formula is C30H36NO+. The zero-order chi connectivity index (χ0) is 22.0. The third-order valence-electron chi connectivity index (χ3n) is 10.2. The fourth-order valence-corrected chi connectivity index (χ4v) is 8.82. The molecule has 1 amide bonds. The molecule has 4 aliphatic rings. The van der Waals surface area contributed by atoms with E-state index in [1.807, 2.05) is 6.08 Å². The molecule has 6 atom stereocenters. The van der Waals surface area contributed by atoms with Crippen LogP contribution in [0, 0.1) is 28.6 Å². The van der Waals surface area contributed by atoms with Crippen molar-refractivity contribution in [3.8, 4) is 0 Å². The van der Waals surface area contributed by atoms with Gasteiger partial charge in [0.2, 0.25) is 0 Å². The van der Waals surface area contributed by atoms with Crippen LogP contribution in [-0.4, -0.2) is 11.9 Å². The molecule has 6 rings (SSSR count). The molecule has 2 nitrogen and oxygen atoms in total. The lowest BCUT2D eigenvalue weighted by Gasteiger charge is -2.61. The van der Waals surface area contributed by atoms with Crippen molar-refractivity contribution in [3.05, 3.63) is 72.8 Å². The van der Waals surface area contributed by atoms with Gasteiger partial charge in [-0.3, -0.25) is 0 Å². The molecule has 166 valence electrons. The van der Waals surface area contributed by atoms with Crippen molar-refractivity contribution in [2.75, 3.05) is 0 Å². The number of quaternary nitrogens is 1. The largest absolute Gasteiger partial charge is 0.348 e. The Kier molecular flexibility index (Phi) is 4.56. The Balaban J connectivity index is 1.52. The number of para-hydroxylation sites is 2. The van der Waals surface area contributed by atoms with Crippen molar-refractivity contribution in [1.29, 1.82) is 0 Å². The summed E-state index contributed by atoms with van der Waals surface area (Å²) >= 11 is 0. The van der Waals surface area contributed by atoms with E-state index < -0.39 is 0 Å². The van der Waals surface area contributed by atoms with Crippen LogP contribution >= 0.6 is 0 Å². The minimum atomic E-state index is 0.0342. The average molecular weight is 427 g/mol. The Labute approximate surface area is 192 Å². The van der Waals surface area contributed by atoms with Crippen molar-refractivity contribution < 1.29 is 4.79 Å². The van der Waals surface area contributed by atoms with E-state index in [-0.39, 0.29) is 17.4 Å². The van der Waals surface area contributed by atoms with E-state index in [0.717, 1.165) is 29.6 Å². The van der Waals surface area contributed by atoms with Gasteiger partial charge in [0.05, 0.1) is 0 Å². The highest BCUT2D eigenvalue weighted by molar-refractivity contribution is 6.03. The summed E-state index contributed by atoms with van der Waals surface area (Å²) in [5.41, 5.74) is 2.82. The monoisotopic (exact) mass is 426 g/mol. The van der Waals surface area contributed by atoms with Crippen LogP contribution in [0.5, 0.6) is 0 Å².